The summed E-state index contributed by atoms with van der Waals surface area (Å²) in [7, 11) is 0. The average molecular weight is 195 g/mol. The number of nitrogen functional groups attached to an aromatic ring is 1. The fourth-order valence-electron chi connectivity index (χ4n) is 0.987. The van der Waals surface area contributed by atoms with Gasteiger partial charge in [0.1, 0.15) is 0 Å². The largest absolute Gasteiger partial charge is 0.399 e. The van der Waals surface area contributed by atoms with Gasteiger partial charge in [-0.1, -0.05) is 42.3 Å². The van der Waals surface area contributed by atoms with Crippen molar-refractivity contribution >= 4 is 5.69 Å². The van der Waals surface area contributed by atoms with Crippen molar-refractivity contribution in [3.63, 3.8) is 0 Å². The second-order valence-electron chi connectivity index (χ2n) is 2.92. The van der Waals surface area contributed by atoms with Gasteiger partial charge in [-0.15, -0.1) is 6.42 Å². The molecule has 0 bridgehead atoms. The van der Waals surface area contributed by atoms with Gasteiger partial charge in [0.05, 0.1) is 0 Å². The third-order valence-corrected chi connectivity index (χ3v) is 1.74. The Labute approximate surface area is 90.6 Å². The van der Waals surface area contributed by atoms with Crippen molar-refractivity contribution in [3.05, 3.63) is 66.2 Å². The Morgan fingerprint density at radius 2 is 1.27 bits per heavy atom. The van der Waals surface area contributed by atoms with E-state index in [9.17, 15) is 0 Å². The molecule has 0 atom stereocenters. The number of nitrogens with two attached hydrogens (primary N) is 1. The van der Waals surface area contributed by atoms with Gasteiger partial charge >= 0.3 is 0 Å². The number of hydrogen-bond acceptors (Lipinski definition) is 1. The van der Waals surface area contributed by atoms with Gasteiger partial charge in [-0.25, -0.2) is 0 Å². The summed E-state index contributed by atoms with van der Waals surface area (Å²) in [4.78, 5) is 0. The molecule has 0 unspecified atom stereocenters. The van der Waals surface area contributed by atoms with E-state index in [-0.39, 0.29) is 0 Å². The van der Waals surface area contributed by atoms with Gasteiger partial charge in [-0.05, 0) is 24.3 Å². The highest BCUT2D eigenvalue weighted by Gasteiger charge is 1.76. The van der Waals surface area contributed by atoms with E-state index < -0.39 is 0 Å². The summed E-state index contributed by atoms with van der Waals surface area (Å²) in [6.45, 7) is 0. The van der Waals surface area contributed by atoms with Gasteiger partial charge in [0.2, 0.25) is 0 Å². The molecular formula is C14H13N. The first kappa shape index (κ1) is 10.9. The lowest BCUT2D eigenvalue weighted by Crippen LogP contribution is -1.79. The Morgan fingerprint density at radius 1 is 0.800 bits per heavy atom. The lowest BCUT2D eigenvalue weighted by Gasteiger charge is -1.83. The van der Waals surface area contributed by atoms with Crippen LogP contribution in [-0.4, -0.2) is 0 Å². The van der Waals surface area contributed by atoms with Crippen molar-refractivity contribution in [1.29, 1.82) is 0 Å². The van der Waals surface area contributed by atoms with Crippen LogP contribution in [0, 0.1) is 12.3 Å². The summed E-state index contributed by atoms with van der Waals surface area (Å²) < 4.78 is 0. The lowest BCUT2D eigenvalue weighted by atomic mass is 10.2. The van der Waals surface area contributed by atoms with Crippen LogP contribution in [-0.2, 0) is 0 Å². The number of para-hydroxylation sites is 1. The van der Waals surface area contributed by atoms with Crippen LogP contribution in [0.15, 0.2) is 60.7 Å². The van der Waals surface area contributed by atoms with E-state index in [1.807, 2.05) is 60.7 Å². The minimum atomic E-state index is 0.822. The van der Waals surface area contributed by atoms with Crippen molar-refractivity contribution in [3.8, 4) is 12.3 Å². The van der Waals surface area contributed by atoms with E-state index in [2.05, 4.69) is 5.92 Å². The molecule has 0 saturated heterocycles. The van der Waals surface area contributed by atoms with E-state index in [1.54, 1.807) is 0 Å². The van der Waals surface area contributed by atoms with E-state index in [0.717, 1.165) is 11.3 Å². The third-order valence-electron chi connectivity index (χ3n) is 1.74. The van der Waals surface area contributed by atoms with Crippen LogP contribution in [0.3, 0.4) is 0 Å². The van der Waals surface area contributed by atoms with E-state index >= 15 is 0 Å². The first-order valence-electron chi connectivity index (χ1n) is 4.65. The highest BCUT2D eigenvalue weighted by Crippen LogP contribution is 1.96. The molecule has 2 N–H and O–H groups in total. The second-order valence-corrected chi connectivity index (χ2v) is 2.92. The fraction of sp³-hybridized carbons (Fsp3) is 0. The molecule has 0 saturated carbocycles. The Balaban J connectivity index is 0.000000151. The molecule has 15 heavy (non-hydrogen) atoms. The zero-order valence-electron chi connectivity index (χ0n) is 8.43. The topological polar surface area (TPSA) is 26.0 Å². The maximum Gasteiger partial charge on any atom is 0.0313 e. The minimum absolute atomic E-state index is 0.822. The normalized spacial score (nSPS) is 8.20. The summed E-state index contributed by atoms with van der Waals surface area (Å²) >= 11 is 0. The lowest BCUT2D eigenvalue weighted by molar-refractivity contribution is 1.65. The Morgan fingerprint density at radius 3 is 1.53 bits per heavy atom. The Hall–Kier alpha value is -2.20. The van der Waals surface area contributed by atoms with Crippen molar-refractivity contribution < 1.29 is 0 Å². The first-order chi connectivity index (χ1) is 7.33. The van der Waals surface area contributed by atoms with Crippen LogP contribution in [0.1, 0.15) is 5.56 Å². The maximum absolute atomic E-state index is 5.36. The molecule has 0 aliphatic rings. The first-order valence-corrected chi connectivity index (χ1v) is 4.65. The number of rotatable bonds is 0. The van der Waals surface area contributed by atoms with Crippen molar-refractivity contribution in [2.24, 2.45) is 0 Å². The van der Waals surface area contributed by atoms with Crippen LogP contribution in [0.4, 0.5) is 5.69 Å². The molecule has 0 fully saturated rings. The van der Waals surface area contributed by atoms with Gasteiger partial charge in [0.15, 0.2) is 0 Å². The van der Waals surface area contributed by atoms with Crippen LogP contribution in [0.2, 0.25) is 0 Å². The third kappa shape index (κ3) is 4.54. The molecule has 2 rings (SSSR count). The predicted molar refractivity (Wildman–Crippen MR) is 65.2 cm³/mol. The standard InChI is InChI=1S/C8H6.C6H7N/c1-2-8-6-4-3-5-7-8;7-6-4-2-1-3-5-6/h1,3-7H;1-5H,7H2. The highest BCUT2D eigenvalue weighted by atomic mass is 14.5. The monoisotopic (exact) mass is 195 g/mol. The highest BCUT2D eigenvalue weighted by molar-refractivity contribution is 5.35. The van der Waals surface area contributed by atoms with Gasteiger partial charge in [-0.2, -0.15) is 0 Å². The maximum atomic E-state index is 5.36. The van der Waals surface area contributed by atoms with E-state index in [4.69, 9.17) is 12.2 Å². The molecule has 0 aromatic heterocycles. The van der Waals surface area contributed by atoms with Gasteiger partial charge in [0, 0.05) is 11.3 Å². The number of benzene rings is 2. The van der Waals surface area contributed by atoms with E-state index in [0.29, 0.717) is 0 Å². The summed E-state index contributed by atoms with van der Waals surface area (Å²) in [6.07, 6.45) is 5.10. The molecule has 74 valence electrons. The van der Waals surface area contributed by atoms with Crippen molar-refractivity contribution in [1.82, 2.24) is 0 Å². The smallest absolute Gasteiger partial charge is 0.0313 e. The molecule has 2 aromatic rings. The molecule has 1 heteroatoms. The summed E-state index contributed by atoms with van der Waals surface area (Å²) in [6, 6.07) is 19.1. The zero-order valence-corrected chi connectivity index (χ0v) is 8.43. The van der Waals surface area contributed by atoms with Crippen LogP contribution in [0.25, 0.3) is 0 Å². The number of terminal acetylenes is 1. The molecule has 0 radical (unpaired) electrons. The Bertz CT molecular complexity index is 412. The minimum Gasteiger partial charge on any atom is -0.399 e. The molecule has 0 amide bonds. The second kappa shape index (κ2) is 6.28. The number of hydrogen-bond donors (Lipinski definition) is 1. The van der Waals surface area contributed by atoms with Gasteiger partial charge in [0.25, 0.3) is 0 Å². The molecule has 1 nitrogen and oxygen atoms in total. The summed E-state index contributed by atoms with van der Waals surface area (Å²) in [5, 5.41) is 0. The van der Waals surface area contributed by atoms with Crippen molar-refractivity contribution in [2.45, 2.75) is 0 Å². The summed E-state index contributed by atoms with van der Waals surface area (Å²) in [5.41, 5.74) is 7.12. The quantitative estimate of drug-likeness (QED) is 0.507. The number of anilines is 1. The molecule has 0 aliphatic carbocycles. The van der Waals surface area contributed by atoms with Gasteiger partial charge in [-0.3, -0.25) is 0 Å². The van der Waals surface area contributed by atoms with E-state index in [1.165, 1.54) is 0 Å². The molecule has 2 aromatic carbocycles. The fourth-order valence-corrected chi connectivity index (χ4v) is 0.987. The molecule has 0 heterocycles. The van der Waals surface area contributed by atoms with Crippen LogP contribution >= 0.6 is 0 Å². The molecular weight excluding hydrogens is 182 g/mol. The SMILES string of the molecule is C#Cc1ccccc1.Nc1ccccc1. The Kier molecular flexibility index (Phi) is 4.56. The van der Waals surface area contributed by atoms with Crippen molar-refractivity contribution in [2.75, 3.05) is 5.73 Å². The predicted octanol–water partition coefficient (Wildman–Crippen LogP) is 2.94. The van der Waals surface area contributed by atoms with Gasteiger partial charge < -0.3 is 5.73 Å². The summed E-state index contributed by atoms with van der Waals surface area (Å²) in [5.74, 6) is 2.53. The van der Waals surface area contributed by atoms with Crippen LogP contribution in [0.5, 0.6) is 0 Å². The molecule has 0 aliphatic heterocycles. The molecule has 0 spiro atoms. The van der Waals surface area contributed by atoms with Crippen LogP contribution < -0.4 is 5.73 Å². The average Bonchev–Trinajstić information content (AvgIpc) is 2.32. The zero-order chi connectivity index (χ0) is 10.9.